The van der Waals surface area contributed by atoms with Gasteiger partial charge in [0, 0.05) is 5.69 Å². The summed E-state index contributed by atoms with van der Waals surface area (Å²) in [6, 6.07) is 29.4. The van der Waals surface area contributed by atoms with Crippen molar-refractivity contribution < 1.29 is 17.6 Å². The summed E-state index contributed by atoms with van der Waals surface area (Å²) in [7, 11) is -4.25. The number of hydrogen-bond acceptors (Lipinski definition) is 4. The highest BCUT2D eigenvalue weighted by Crippen LogP contribution is 2.47. The Morgan fingerprint density at radius 3 is 1.89 bits per heavy atom. The molecule has 1 aliphatic rings. The minimum Gasteiger partial charge on any atom is -0.330 e. The predicted octanol–water partition coefficient (Wildman–Crippen LogP) is 5.61. The van der Waals surface area contributed by atoms with Crippen molar-refractivity contribution >= 4 is 21.6 Å². The quantitative estimate of drug-likeness (QED) is 0.368. The fraction of sp³-hybridized carbons (Fsp3) is 0.107. The zero-order chi connectivity index (χ0) is 24.6. The van der Waals surface area contributed by atoms with E-state index < -0.39 is 34.0 Å². The molecule has 176 valence electrons. The molecule has 0 aromatic heterocycles. The van der Waals surface area contributed by atoms with Gasteiger partial charge >= 0.3 is 0 Å². The van der Waals surface area contributed by atoms with Crippen LogP contribution in [-0.4, -0.2) is 18.6 Å². The van der Waals surface area contributed by atoms with E-state index in [1.165, 1.54) is 36.4 Å². The van der Waals surface area contributed by atoms with Crippen LogP contribution in [0, 0.1) is 12.7 Å². The van der Waals surface area contributed by atoms with Crippen LogP contribution in [-0.2, 0) is 14.8 Å². The van der Waals surface area contributed by atoms with Crippen LogP contribution in [0.1, 0.15) is 28.9 Å². The molecule has 1 amide bonds. The predicted molar refractivity (Wildman–Crippen MR) is 132 cm³/mol. The van der Waals surface area contributed by atoms with Crippen LogP contribution in [0.4, 0.5) is 10.1 Å². The van der Waals surface area contributed by atoms with Crippen LogP contribution in [0.15, 0.2) is 114 Å². The van der Waals surface area contributed by atoms with Gasteiger partial charge in [-0.05, 0) is 54.4 Å². The summed E-state index contributed by atoms with van der Waals surface area (Å²) in [6.07, 6.45) is -1.01. The first-order chi connectivity index (χ1) is 16.9. The number of para-hydroxylation sites is 1. The lowest BCUT2D eigenvalue weighted by Crippen LogP contribution is -2.37. The molecular formula is C28H23FN2O3S. The van der Waals surface area contributed by atoms with E-state index in [9.17, 15) is 17.6 Å². The maximum Gasteiger partial charge on any atom is 0.268 e. The Labute approximate surface area is 204 Å². The van der Waals surface area contributed by atoms with Gasteiger partial charge in [-0.25, -0.2) is 17.1 Å². The van der Waals surface area contributed by atoms with Crippen LogP contribution in [0.3, 0.4) is 0 Å². The molecule has 0 N–H and O–H groups in total. The molecule has 1 saturated heterocycles. The van der Waals surface area contributed by atoms with Crippen molar-refractivity contribution in [3.63, 3.8) is 0 Å². The smallest absolute Gasteiger partial charge is 0.268 e. The van der Waals surface area contributed by atoms with Crippen LogP contribution >= 0.6 is 0 Å². The molecule has 7 heteroatoms. The minimum absolute atomic E-state index is 0.0188. The van der Waals surface area contributed by atoms with Crippen molar-refractivity contribution in [2.24, 2.45) is 0 Å². The van der Waals surface area contributed by atoms with E-state index in [1.54, 1.807) is 17.0 Å². The molecule has 5 rings (SSSR count). The Kier molecular flexibility index (Phi) is 5.86. The lowest BCUT2D eigenvalue weighted by Gasteiger charge is -2.33. The molecule has 0 radical (unpaired) electrons. The number of anilines is 1. The SMILES string of the molecule is Cc1ccc(S(=O)(=O)N2C(=O)C(c3ccccc3)N(c3ccccc3)C2c2ccc(F)cc2)cc1. The van der Waals surface area contributed by atoms with Crippen LogP contribution in [0.2, 0.25) is 0 Å². The van der Waals surface area contributed by atoms with Crippen LogP contribution in [0.25, 0.3) is 0 Å². The molecule has 0 spiro atoms. The molecule has 5 nitrogen and oxygen atoms in total. The largest absolute Gasteiger partial charge is 0.330 e. The molecule has 0 bridgehead atoms. The standard InChI is InChI=1S/C28H23FN2O3S/c1-20-12-18-25(19-13-20)35(33,34)31-27(22-14-16-23(29)17-15-22)30(24-10-6-3-7-11-24)26(28(31)32)21-8-4-2-5-9-21/h2-19,26-27H,1H3. The van der Waals surface area contributed by atoms with E-state index >= 15 is 0 Å². The van der Waals surface area contributed by atoms with E-state index in [1.807, 2.05) is 67.6 Å². The van der Waals surface area contributed by atoms with Crippen molar-refractivity contribution in [1.29, 1.82) is 0 Å². The molecule has 1 heterocycles. The summed E-state index contributed by atoms with van der Waals surface area (Å²) in [5, 5.41) is 0. The molecule has 35 heavy (non-hydrogen) atoms. The average molecular weight is 487 g/mol. The number of halogens is 1. The molecule has 0 saturated carbocycles. The van der Waals surface area contributed by atoms with E-state index in [2.05, 4.69) is 0 Å². The maximum absolute atomic E-state index is 14.1. The second-order valence-corrected chi connectivity index (χ2v) is 10.2. The summed E-state index contributed by atoms with van der Waals surface area (Å²) >= 11 is 0. The van der Waals surface area contributed by atoms with E-state index in [0.29, 0.717) is 16.8 Å². The first-order valence-corrected chi connectivity index (χ1v) is 12.6. The van der Waals surface area contributed by atoms with Gasteiger partial charge < -0.3 is 4.90 Å². The number of rotatable bonds is 5. The highest BCUT2D eigenvalue weighted by Gasteiger charge is 2.53. The van der Waals surface area contributed by atoms with Gasteiger partial charge in [0.15, 0.2) is 0 Å². The van der Waals surface area contributed by atoms with Crippen molar-refractivity contribution in [1.82, 2.24) is 4.31 Å². The Balaban J connectivity index is 1.76. The fourth-order valence-corrected chi connectivity index (χ4v) is 5.98. The Morgan fingerprint density at radius 1 is 0.714 bits per heavy atom. The molecule has 1 fully saturated rings. The Morgan fingerprint density at radius 2 is 1.29 bits per heavy atom. The molecule has 2 atom stereocenters. The van der Waals surface area contributed by atoms with Crippen molar-refractivity contribution in [2.45, 2.75) is 24.0 Å². The van der Waals surface area contributed by atoms with Crippen LogP contribution < -0.4 is 4.90 Å². The summed E-state index contributed by atoms with van der Waals surface area (Å²) in [5.41, 5.74) is 2.72. The average Bonchev–Trinajstić information content (AvgIpc) is 3.19. The highest BCUT2D eigenvalue weighted by atomic mass is 32.2. The second-order valence-electron chi connectivity index (χ2n) is 8.43. The first-order valence-electron chi connectivity index (χ1n) is 11.2. The third-order valence-electron chi connectivity index (χ3n) is 6.13. The molecule has 1 aliphatic heterocycles. The first kappa shape index (κ1) is 22.8. The van der Waals surface area contributed by atoms with Gasteiger partial charge in [-0.2, -0.15) is 0 Å². The van der Waals surface area contributed by atoms with Gasteiger partial charge in [-0.15, -0.1) is 0 Å². The summed E-state index contributed by atoms with van der Waals surface area (Å²) in [6.45, 7) is 1.86. The van der Waals surface area contributed by atoms with Crippen LogP contribution in [0.5, 0.6) is 0 Å². The zero-order valence-electron chi connectivity index (χ0n) is 19.0. The minimum atomic E-state index is -4.25. The van der Waals surface area contributed by atoms with E-state index in [0.717, 1.165) is 9.87 Å². The Hall–Kier alpha value is -3.97. The number of benzene rings is 4. The summed E-state index contributed by atoms with van der Waals surface area (Å²) in [4.78, 5) is 15.9. The summed E-state index contributed by atoms with van der Waals surface area (Å²) in [5.74, 6) is -1.02. The zero-order valence-corrected chi connectivity index (χ0v) is 19.8. The summed E-state index contributed by atoms with van der Waals surface area (Å²) < 4.78 is 42.7. The number of nitrogens with zero attached hydrogens (tertiary/aromatic N) is 2. The van der Waals surface area contributed by atoms with Crippen molar-refractivity contribution in [2.75, 3.05) is 4.90 Å². The van der Waals surface area contributed by atoms with Gasteiger partial charge in [0.2, 0.25) is 0 Å². The monoisotopic (exact) mass is 486 g/mol. The lowest BCUT2D eigenvalue weighted by atomic mass is 10.0. The lowest BCUT2D eigenvalue weighted by molar-refractivity contribution is -0.125. The third kappa shape index (κ3) is 4.08. The van der Waals surface area contributed by atoms with Crippen molar-refractivity contribution in [3.05, 3.63) is 132 Å². The highest BCUT2D eigenvalue weighted by molar-refractivity contribution is 7.89. The van der Waals surface area contributed by atoms with Gasteiger partial charge in [0.05, 0.1) is 4.90 Å². The topological polar surface area (TPSA) is 57.7 Å². The van der Waals surface area contributed by atoms with Crippen molar-refractivity contribution in [3.8, 4) is 0 Å². The molecule has 2 unspecified atom stereocenters. The molecule has 4 aromatic rings. The van der Waals surface area contributed by atoms with E-state index in [4.69, 9.17) is 0 Å². The number of carbonyl (C=O) groups is 1. The Bertz CT molecular complexity index is 1440. The number of aryl methyl sites for hydroxylation is 1. The molecule has 0 aliphatic carbocycles. The van der Waals surface area contributed by atoms with Gasteiger partial charge in [0.25, 0.3) is 15.9 Å². The van der Waals surface area contributed by atoms with E-state index in [-0.39, 0.29) is 4.90 Å². The number of sulfonamides is 1. The van der Waals surface area contributed by atoms with Gasteiger partial charge in [-0.3, -0.25) is 4.79 Å². The molecule has 4 aromatic carbocycles. The maximum atomic E-state index is 14.1. The fourth-order valence-electron chi connectivity index (χ4n) is 4.45. The number of carbonyl (C=O) groups excluding carboxylic acids is 1. The molecular weight excluding hydrogens is 463 g/mol. The normalized spacial score (nSPS) is 18.2. The third-order valence-corrected chi connectivity index (χ3v) is 7.90. The number of hydrogen-bond donors (Lipinski definition) is 0. The van der Waals surface area contributed by atoms with Gasteiger partial charge in [0.1, 0.15) is 18.0 Å². The van der Waals surface area contributed by atoms with Gasteiger partial charge in [-0.1, -0.05) is 78.4 Å². The second kappa shape index (κ2) is 9.00. The number of amides is 1.